The minimum atomic E-state index is -1.88. The van der Waals surface area contributed by atoms with Gasteiger partial charge in [0.1, 0.15) is 29.7 Å². The Labute approximate surface area is 514 Å². The van der Waals surface area contributed by atoms with E-state index in [1.165, 1.54) is 23.7 Å². The van der Waals surface area contributed by atoms with Crippen molar-refractivity contribution >= 4 is 35.5 Å². The van der Waals surface area contributed by atoms with Crippen molar-refractivity contribution in [3.05, 3.63) is 192 Å². The van der Waals surface area contributed by atoms with Gasteiger partial charge in [-0.25, -0.2) is 19.1 Å². The average Bonchev–Trinajstić information content (AvgIpc) is 3.81. The van der Waals surface area contributed by atoms with Crippen LogP contribution in [0.5, 0.6) is 23.0 Å². The summed E-state index contributed by atoms with van der Waals surface area (Å²) >= 11 is 0. The monoisotopic (exact) mass is 1210 g/mol. The van der Waals surface area contributed by atoms with Crippen LogP contribution in [0.3, 0.4) is 0 Å². The Morgan fingerprint density at radius 2 is 0.955 bits per heavy atom. The quantitative estimate of drug-likeness (QED) is 0.0161. The van der Waals surface area contributed by atoms with E-state index in [1.807, 2.05) is 107 Å². The Morgan fingerprint density at radius 1 is 0.557 bits per heavy atom. The van der Waals surface area contributed by atoms with Crippen molar-refractivity contribution in [2.24, 2.45) is 22.7 Å². The number of benzene rings is 6. The lowest BCUT2D eigenvalue weighted by atomic mass is 9.84. The van der Waals surface area contributed by atoms with Gasteiger partial charge < -0.3 is 45.3 Å². The molecule has 0 aromatic heterocycles. The zero-order valence-electron chi connectivity index (χ0n) is 51.6. The Morgan fingerprint density at radius 3 is 1.33 bits per heavy atom. The number of aliphatic hydroxyl groups excluding tert-OH is 1. The molecule has 6 aromatic rings. The highest BCUT2D eigenvalue weighted by atomic mass is 19.1. The molecular formula is C69H83F2N5O12. The van der Waals surface area contributed by atoms with E-state index in [1.54, 1.807) is 101 Å². The number of nitrogens with one attached hydrogen (secondary N) is 5. The minimum Gasteiger partial charge on any atom is -0.454 e. The molecule has 1 heterocycles. The van der Waals surface area contributed by atoms with Gasteiger partial charge in [-0.15, -0.1) is 0 Å². The SMILES string of the molecule is CC(NC(=O)[C@@H](NC(=O)[C@H](CCCc1ccc(Oc2ccccc2)c(F)c1)C(O)C(=O)NO)C(C)(C)C)c1ccccc1.C[C@@H](NC(=O)[C@@H](NC(=O)[C@H](CCCc1ccc(Oc2ccccc2)c(F)c1)[C@@H]1OC(C)(C)OC1=O)C(C)(C)C)c1ccccc1. The molecule has 5 amide bonds. The molecule has 470 valence electrons. The molecular weight excluding hydrogens is 1130 g/mol. The highest BCUT2D eigenvalue weighted by molar-refractivity contribution is 5.93. The summed E-state index contributed by atoms with van der Waals surface area (Å²) in [5.74, 6) is -7.04. The third kappa shape index (κ3) is 20.3. The van der Waals surface area contributed by atoms with Gasteiger partial charge in [-0.05, 0) is 134 Å². The van der Waals surface area contributed by atoms with Crippen LogP contribution in [0, 0.1) is 34.3 Å². The lowest BCUT2D eigenvalue weighted by molar-refractivity contribution is -0.162. The van der Waals surface area contributed by atoms with Gasteiger partial charge >= 0.3 is 5.97 Å². The highest BCUT2D eigenvalue weighted by Gasteiger charge is 2.48. The Kier molecular flexibility index (Phi) is 24.5. The molecule has 88 heavy (non-hydrogen) atoms. The third-order valence-corrected chi connectivity index (χ3v) is 14.8. The first-order chi connectivity index (χ1) is 41.6. The minimum absolute atomic E-state index is 0.0171. The van der Waals surface area contributed by atoms with E-state index in [4.69, 9.17) is 24.2 Å². The molecule has 0 radical (unpaired) electrons. The van der Waals surface area contributed by atoms with Gasteiger partial charge in [0, 0.05) is 13.8 Å². The summed E-state index contributed by atoms with van der Waals surface area (Å²) in [5.41, 5.74) is 3.18. The summed E-state index contributed by atoms with van der Waals surface area (Å²) in [6.07, 6.45) is -1.26. The molecule has 7 N–H and O–H groups in total. The fourth-order valence-electron chi connectivity index (χ4n) is 9.97. The number of amides is 5. The number of cyclic esters (lactones) is 1. The van der Waals surface area contributed by atoms with E-state index in [0.717, 1.165) is 11.1 Å². The summed E-state index contributed by atoms with van der Waals surface area (Å²) in [5, 5.41) is 31.3. The van der Waals surface area contributed by atoms with Crippen LogP contribution in [0.15, 0.2) is 158 Å². The number of hydroxylamine groups is 1. The largest absolute Gasteiger partial charge is 0.454 e. The molecule has 7 rings (SSSR count). The number of carbonyl (C=O) groups excluding carboxylic acids is 6. The predicted molar refractivity (Wildman–Crippen MR) is 328 cm³/mol. The molecule has 1 saturated heterocycles. The molecule has 17 nitrogen and oxygen atoms in total. The first-order valence-corrected chi connectivity index (χ1v) is 29.5. The van der Waals surface area contributed by atoms with Crippen molar-refractivity contribution in [2.75, 3.05) is 0 Å². The number of esters is 1. The van der Waals surface area contributed by atoms with Crippen LogP contribution in [-0.4, -0.2) is 75.9 Å². The molecule has 1 aliphatic rings. The van der Waals surface area contributed by atoms with Crippen LogP contribution in [0.4, 0.5) is 8.78 Å². The number of halogens is 2. The first kappa shape index (κ1) is 68.6. The lowest BCUT2D eigenvalue weighted by Crippen LogP contribution is -2.56. The van der Waals surface area contributed by atoms with Gasteiger partial charge in [-0.1, -0.05) is 151 Å². The molecule has 1 aliphatic heterocycles. The van der Waals surface area contributed by atoms with E-state index in [2.05, 4.69) is 21.3 Å². The van der Waals surface area contributed by atoms with Crippen LogP contribution in [-0.2, 0) is 51.1 Å². The molecule has 2 unspecified atom stereocenters. The van der Waals surface area contributed by atoms with Crippen LogP contribution >= 0.6 is 0 Å². The smallest absolute Gasteiger partial charge is 0.338 e. The zero-order chi connectivity index (χ0) is 64.3. The fraction of sp³-hybridized carbons (Fsp3) is 0.391. The molecule has 0 bridgehead atoms. The number of aliphatic hydroxyl groups is 1. The van der Waals surface area contributed by atoms with Crippen molar-refractivity contribution in [1.29, 1.82) is 0 Å². The van der Waals surface area contributed by atoms with E-state index in [0.29, 0.717) is 48.3 Å². The number of hydrogen-bond donors (Lipinski definition) is 7. The van der Waals surface area contributed by atoms with Crippen molar-refractivity contribution in [3.63, 3.8) is 0 Å². The number of rotatable bonds is 25. The van der Waals surface area contributed by atoms with Gasteiger partial charge in [-0.2, -0.15) is 0 Å². The number of hydrogen-bond acceptors (Lipinski definition) is 12. The molecule has 8 atom stereocenters. The average molecular weight is 1210 g/mol. The maximum atomic E-state index is 14.9. The van der Waals surface area contributed by atoms with Crippen LogP contribution in [0.2, 0.25) is 0 Å². The van der Waals surface area contributed by atoms with Crippen molar-refractivity contribution < 1.29 is 66.8 Å². The Hall–Kier alpha value is -8.52. The maximum Gasteiger partial charge on any atom is 0.338 e. The summed E-state index contributed by atoms with van der Waals surface area (Å²) in [4.78, 5) is 79.1. The predicted octanol–water partition coefficient (Wildman–Crippen LogP) is 11.5. The molecule has 19 heteroatoms. The van der Waals surface area contributed by atoms with Crippen LogP contribution in [0.25, 0.3) is 0 Å². The molecule has 0 saturated carbocycles. The Bertz CT molecular complexity index is 3270. The topological polar surface area (TPSA) is 240 Å². The van der Waals surface area contributed by atoms with Gasteiger partial charge in [0.2, 0.25) is 29.4 Å². The van der Waals surface area contributed by atoms with Crippen molar-refractivity contribution in [1.82, 2.24) is 26.7 Å². The lowest BCUT2D eigenvalue weighted by Gasteiger charge is -2.33. The van der Waals surface area contributed by atoms with Crippen LogP contribution < -0.4 is 36.2 Å². The second-order valence-electron chi connectivity index (χ2n) is 24.5. The van der Waals surface area contributed by atoms with Gasteiger partial charge in [0.15, 0.2) is 29.2 Å². The summed E-state index contributed by atoms with van der Waals surface area (Å²) in [6.45, 7) is 17.9. The molecule has 1 fully saturated rings. The first-order valence-electron chi connectivity index (χ1n) is 29.5. The molecule has 6 aromatic carbocycles. The number of para-hydroxylation sites is 2. The van der Waals surface area contributed by atoms with Gasteiger partial charge in [-0.3, -0.25) is 29.2 Å². The highest BCUT2D eigenvalue weighted by Crippen LogP contribution is 2.33. The van der Waals surface area contributed by atoms with E-state index >= 15 is 0 Å². The van der Waals surface area contributed by atoms with Gasteiger partial charge in [0.05, 0.1) is 23.9 Å². The van der Waals surface area contributed by atoms with E-state index in [-0.39, 0.29) is 42.3 Å². The van der Waals surface area contributed by atoms with Crippen LogP contribution in [0.1, 0.15) is 129 Å². The zero-order valence-corrected chi connectivity index (χ0v) is 51.6. The number of aryl methyl sites for hydroxylation is 2. The summed E-state index contributed by atoms with van der Waals surface area (Å²) < 4.78 is 52.0. The third-order valence-electron chi connectivity index (χ3n) is 14.8. The second-order valence-corrected chi connectivity index (χ2v) is 24.5. The normalized spacial score (nSPS) is 16.1. The number of ether oxygens (including phenoxy) is 4. The summed E-state index contributed by atoms with van der Waals surface area (Å²) in [6, 6.07) is 43.4. The summed E-state index contributed by atoms with van der Waals surface area (Å²) in [7, 11) is 0. The van der Waals surface area contributed by atoms with E-state index in [9.17, 15) is 42.7 Å². The van der Waals surface area contributed by atoms with Crippen molar-refractivity contribution in [2.45, 2.75) is 150 Å². The molecule has 0 aliphatic carbocycles. The number of carbonyl (C=O) groups is 6. The van der Waals surface area contributed by atoms with Crippen molar-refractivity contribution in [3.8, 4) is 23.0 Å². The standard InChI is InChI=1S/C36H43FN2O6.C33H40FN3O6/c1-23(25-15-9-7-10-16-25)38-33(41)31(35(2,3)4)39-32(40)27(30-34(42)45-36(5,6)44-30)19-13-14-24-20-21-29(28(37)22-24)43-26-17-11-8-12-18-26;1-21(23-13-7-5-8-14-23)35-32(41)29(33(2,3)4)36-30(39)25(28(38)31(40)37-42)17-11-12-22-18-19-27(26(34)20-22)43-24-15-9-6-10-16-24/h7-12,15-18,20-23,27,30-31H,13-14,19H2,1-6H3,(H,38,41)(H,39,40);5-10,13-16,18-21,25,28-29,38,42H,11-12,17H2,1-4H3,(H,35,41)(H,36,39)(H,37,40)/t23-,27-,30+,31-;21?,25-,28?,29-/m11/s1. The van der Waals surface area contributed by atoms with Gasteiger partial charge in [0.25, 0.3) is 5.91 Å². The Balaban J connectivity index is 0.000000281. The molecule has 0 spiro atoms. The second kappa shape index (κ2) is 31.4. The maximum absolute atomic E-state index is 14.9. The fourth-order valence-corrected chi connectivity index (χ4v) is 9.97. The van der Waals surface area contributed by atoms with E-state index < -0.39 is 94.0 Å².